The third kappa shape index (κ3) is 4.61. The zero-order valence-corrected chi connectivity index (χ0v) is 10.4. The van der Waals surface area contributed by atoms with Gasteiger partial charge in [0, 0.05) is 6.04 Å². The summed E-state index contributed by atoms with van der Waals surface area (Å²) in [6.07, 6.45) is 0.625. The maximum atomic E-state index is 11.3. The highest BCUT2D eigenvalue weighted by Gasteiger charge is 2.31. The lowest BCUT2D eigenvalue weighted by Gasteiger charge is -2.32. The van der Waals surface area contributed by atoms with Crippen molar-refractivity contribution in [2.75, 3.05) is 0 Å². The number of nitrogens with one attached hydrogen (secondary N) is 1. The van der Waals surface area contributed by atoms with Crippen molar-refractivity contribution < 1.29 is 17.9 Å². The van der Waals surface area contributed by atoms with Gasteiger partial charge in [0.15, 0.2) is 0 Å². The summed E-state index contributed by atoms with van der Waals surface area (Å²) in [7, 11) is -2.36. The number of hydrogen-bond donors (Lipinski definition) is 1. The minimum absolute atomic E-state index is 0.0350. The SMILES string of the molecule is CC(C)(C)OC(=O)NC1CC(N=S(=O)=O)C1. The van der Waals surface area contributed by atoms with Gasteiger partial charge in [-0.2, -0.15) is 12.8 Å². The molecule has 0 saturated heterocycles. The van der Waals surface area contributed by atoms with Crippen molar-refractivity contribution in [3.63, 3.8) is 0 Å². The van der Waals surface area contributed by atoms with Crippen LogP contribution >= 0.6 is 0 Å². The average Bonchev–Trinajstić information content (AvgIpc) is 1.95. The van der Waals surface area contributed by atoms with E-state index in [-0.39, 0.29) is 12.1 Å². The van der Waals surface area contributed by atoms with Crippen molar-refractivity contribution in [3.8, 4) is 0 Å². The highest BCUT2D eigenvalue weighted by molar-refractivity contribution is 7.61. The molecule has 0 aromatic carbocycles. The van der Waals surface area contributed by atoms with Gasteiger partial charge >= 0.3 is 16.6 Å². The number of alkyl carbamates (subject to hydrolysis) is 1. The Kier molecular flexibility index (Phi) is 3.90. The lowest BCUT2D eigenvalue weighted by molar-refractivity contribution is 0.0473. The number of ether oxygens (including phenoxy) is 1. The molecule has 1 aliphatic carbocycles. The van der Waals surface area contributed by atoms with Crippen molar-refractivity contribution in [3.05, 3.63) is 0 Å². The normalized spacial score (nSPS) is 24.2. The van der Waals surface area contributed by atoms with Crippen LogP contribution in [0.15, 0.2) is 4.36 Å². The predicted octanol–water partition coefficient (Wildman–Crippen LogP) is 1.10. The molecule has 7 heteroatoms. The minimum Gasteiger partial charge on any atom is -0.444 e. The van der Waals surface area contributed by atoms with Gasteiger partial charge in [0.05, 0.1) is 6.04 Å². The number of hydrogen-bond acceptors (Lipinski definition) is 5. The van der Waals surface area contributed by atoms with Crippen molar-refractivity contribution in [2.45, 2.75) is 51.3 Å². The predicted molar refractivity (Wildman–Crippen MR) is 57.5 cm³/mol. The van der Waals surface area contributed by atoms with Gasteiger partial charge in [-0.1, -0.05) is 0 Å². The zero-order chi connectivity index (χ0) is 12.3. The van der Waals surface area contributed by atoms with E-state index in [9.17, 15) is 13.2 Å². The lowest BCUT2D eigenvalue weighted by Crippen LogP contribution is -2.47. The van der Waals surface area contributed by atoms with Gasteiger partial charge in [0.25, 0.3) is 0 Å². The second kappa shape index (κ2) is 4.82. The number of carbonyl (C=O) groups is 1. The minimum atomic E-state index is -2.36. The fourth-order valence-electron chi connectivity index (χ4n) is 1.39. The average molecular weight is 248 g/mol. The van der Waals surface area contributed by atoms with Crippen molar-refractivity contribution in [2.24, 2.45) is 4.36 Å². The van der Waals surface area contributed by atoms with Crippen LogP contribution in [-0.4, -0.2) is 32.2 Å². The summed E-state index contributed by atoms with van der Waals surface area (Å²) < 4.78 is 29.0. The first-order chi connectivity index (χ1) is 7.26. The molecule has 0 aromatic heterocycles. The van der Waals surface area contributed by atoms with Crippen LogP contribution in [0.2, 0.25) is 0 Å². The molecule has 0 atom stereocenters. The third-order valence-corrected chi connectivity index (χ3v) is 2.54. The van der Waals surface area contributed by atoms with E-state index in [0.29, 0.717) is 12.8 Å². The largest absolute Gasteiger partial charge is 0.444 e. The monoisotopic (exact) mass is 248 g/mol. The van der Waals surface area contributed by atoms with E-state index in [2.05, 4.69) is 9.68 Å². The fourth-order valence-corrected chi connectivity index (χ4v) is 1.80. The molecule has 1 fully saturated rings. The topological polar surface area (TPSA) is 84.8 Å². The van der Waals surface area contributed by atoms with E-state index < -0.39 is 22.2 Å². The van der Waals surface area contributed by atoms with Gasteiger partial charge in [0.2, 0.25) is 0 Å². The van der Waals surface area contributed by atoms with Crippen LogP contribution in [-0.2, 0) is 15.2 Å². The van der Waals surface area contributed by atoms with E-state index in [4.69, 9.17) is 4.74 Å². The van der Waals surface area contributed by atoms with E-state index in [1.807, 2.05) is 0 Å². The Morgan fingerprint density at radius 2 is 1.94 bits per heavy atom. The van der Waals surface area contributed by atoms with E-state index in [1.54, 1.807) is 20.8 Å². The van der Waals surface area contributed by atoms with Crippen molar-refractivity contribution in [1.82, 2.24) is 5.32 Å². The summed E-state index contributed by atoms with van der Waals surface area (Å²) in [6, 6.07) is -0.231. The van der Waals surface area contributed by atoms with Gasteiger partial charge in [-0.25, -0.2) is 4.79 Å². The summed E-state index contributed by atoms with van der Waals surface area (Å²) >= 11 is 0. The summed E-state index contributed by atoms with van der Waals surface area (Å²) in [4.78, 5) is 11.3. The maximum Gasteiger partial charge on any atom is 0.407 e. The molecule has 0 aromatic rings. The van der Waals surface area contributed by atoms with Crippen LogP contribution in [0, 0.1) is 0 Å². The quantitative estimate of drug-likeness (QED) is 0.793. The first kappa shape index (κ1) is 13.0. The molecular weight excluding hydrogens is 232 g/mol. The third-order valence-electron chi connectivity index (χ3n) is 2.07. The van der Waals surface area contributed by atoms with Crippen LogP contribution < -0.4 is 5.32 Å². The van der Waals surface area contributed by atoms with Crippen LogP contribution in [0.25, 0.3) is 0 Å². The molecule has 1 N–H and O–H groups in total. The molecule has 0 radical (unpaired) electrons. The lowest BCUT2D eigenvalue weighted by atomic mass is 9.88. The van der Waals surface area contributed by atoms with Crippen LogP contribution in [0.1, 0.15) is 33.6 Å². The van der Waals surface area contributed by atoms with Crippen molar-refractivity contribution in [1.29, 1.82) is 0 Å². The van der Waals surface area contributed by atoms with Crippen LogP contribution in [0.5, 0.6) is 0 Å². The van der Waals surface area contributed by atoms with E-state index in [1.165, 1.54) is 0 Å². The number of amides is 1. The number of carbonyl (C=O) groups excluding carboxylic acids is 1. The molecular formula is C9H16N2O4S. The standard InChI is InChI=1S/C9H16N2O4S/c1-9(2,3)15-8(12)10-6-4-7(5-6)11-16(13)14/h6-7H,4-5H2,1-3H3,(H,10,12). The van der Waals surface area contributed by atoms with Crippen LogP contribution in [0.4, 0.5) is 4.79 Å². The zero-order valence-electron chi connectivity index (χ0n) is 9.56. The molecule has 0 bridgehead atoms. The molecule has 0 heterocycles. The Morgan fingerprint density at radius 3 is 2.38 bits per heavy atom. The van der Waals surface area contributed by atoms with E-state index >= 15 is 0 Å². The van der Waals surface area contributed by atoms with Gasteiger partial charge in [-0.05, 0) is 33.6 Å². The summed E-state index contributed by atoms with van der Waals surface area (Å²) in [5.41, 5.74) is -0.520. The van der Waals surface area contributed by atoms with Gasteiger partial charge in [0.1, 0.15) is 5.60 Å². The van der Waals surface area contributed by atoms with Gasteiger partial charge < -0.3 is 10.1 Å². The fraction of sp³-hybridized carbons (Fsp3) is 0.889. The molecule has 0 spiro atoms. The smallest absolute Gasteiger partial charge is 0.407 e. The van der Waals surface area contributed by atoms with Gasteiger partial charge in [-0.15, -0.1) is 0 Å². The number of rotatable bonds is 2. The second-order valence-electron chi connectivity index (χ2n) is 4.79. The molecule has 92 valence electrons. The maximum absolute atomic E-state index is 11.3. The molecule has 0 unspecified atom stereocenters. The molecule has 16 heavy (non-hydrogen) atoms. The Balaban J connectivity index is 2.28. The molecule has 1 saturated carbocycles. The Hall–Kier alpha value is -1.11. The first-order valence-electron chi connectivity index (χ1n) is 5.06. The van der Waals surface area contributed by atoms with Gasteiger partial charge in [-0.3, -0.25) is 0 Å². The number of nitrogens with zero attached hydrogens (tertiary/aromatic N) is 1. The Labute approximate surface area is 96.1 Å². The Bertz CT molecular complexity index is 382. The molecule has 0 aliphatic heterocycles. The highest BCUT2D eigenvalue weighted by Crippen LogP contribution is 2.23. The first-order valence-corrected chi connectivity index (χ1v) is 6.09. The van der Waals surface area contributed by atoms with E-state index in [0.717, 1.165) is 0 Å². The summed E-state index contributed by atoms with van der Waals surface area (Å²) in [6.45, 7) is 5.35. The molecule has 1 rings (SSSR count). The molecule has 1 amide bonds. The molecule has 6 nitrogen and oxygen atoms in total. The highest BCUT2D eigenvalue weighted by atomic mass is 32.2. The van der Waals surface area contributed by atoms with Crippen LogP contribution in [0.3, 0.4) is 0 Å². The van der Waals surface area contributed by atoms with Crippen molar-refractivity contribution >= 4 is 16.6 Å². The molecule has 1 aliphatic rings. The summed E-state index contributed by atoms with van der Waals surface area (Å²) in [5, 5.41) is 2.65. The summed E-state index contributed by atoms with van der Waals surface area (Å²) in [5.74, 6) is 0. The Morgan fingerprint density at radius 1 is 1.38 bits per heavy atom. The second-order valence-corrected chi connectivity index (χ2v) is 5.44.